The van der Waals surface area contributed by atoms with Gasteiger partial charge < -0.3 is 14.8 Å². The number of carbonyl (C=O) groups excluding carboxylic acids is 1. The van der Waals surface area contributed by atoms with Crippen molar-refractivity contribution in [1.82, 2.24) is 0 Å². The Hall–Kier alpha value is -1.55. The zero-order valence-corrected chi connectivity index (χ0v) is 15.9. The fraction of sp³-hybridized carbons (Fsp3) is 0.650. The molecule has 0 radical (unpaired) electrons. The van der Waals surface area contributed by atoms with Crippen LogP contribution in [0.25, 0.3) is 0 Å². The molecule has 24 heavy (non-hydrogen) atoms. The summed E-state index contributed by atoms with van der Waals surface area (Å²) in [5.41, 5.74) is 2.17. The third kappa shape index (κ3) is 4.10. The van der Waals surface area contributed by atoms with E-state index in [1.165, 1.54) is 0 Å². The van der Waals surface area contributed by atoms with E-state index in [9.17, 15) is 4.79 Å². The van der Waals surface area contributed by atoms with E-state index in [1.807, 2.05) is 39.8 Å². The molecule has 0 aromatic heterocycles. The molecular weight excluding hydrogens is 302 g/mol. The molecule has 134 valence electrons. The van der Waals surface area contributed by atoms with Gasteiger partial charge in [-0.25, -0.2) is 0 Å². The minimum atomic E-state index is -0.693. The highest BCUT2D eigenvalue weighted by atomic mass is 16.5. The Balaban J connectivity index is 2.16. The molecule has 0 aliphatic heterocycles. The van der Waals surface area contributed by atoms with E-state index in [2.05, 4.69) is 12.2 Å². The van der Waals surface area contributed by atoms with Gasteiger partial charge in [-0.15, -0.1) is 0 Å². The lowest BCUT2D eigenvalue weighted by molar-refractivity contribution is -0.142. The van der Waals surface area contributed by atoms with Gasteiger partial charge in [-0.2, -0.15) is 0 Å². The molecule has 1 fully saturated rings. The van der Waals surface area contributed by atoms with Crippen LogP contribution in [0, 0.1) is 19.8 Å². The Morgan fingerprint density at radius 2 is 1.75 bits per heavy atom. The number of ether oxygens (including phenoxy) is 2. The number of benzene rings is 1. The van der Waals surface area contributed by atoms with Crippen LogP contribution in [0.2, 0.25) is 0 Å². The predicted octanol–water partition coefficient (Wildman–Crippen LogP) is 4.62. The third-order valence-corrected chi connectivity index (χ3v) is 4.96. The molecule has 1 aromatic carbocycles. The Bertz CT molecular complexity index is 564. The highest BCUT2D eigenvalue weighted by Crippen LogP contribution is 2.36. The summed E-state index contributed by atoms with van der Waals surface area (Å²) in [6, 6.07) is 3.94. The molecule has 0 unspecified atom stereocenters. The van der Waals surface area contributed by atoms with Crippen molar-refractivity contribution in [2.75, 3.05) is 12.4 Å². The number of carbonyl (C=O) groups is 1. The standard InChI is InChI=1S/C20H31NO3/c1-13(2)24-18-15(4)11-17(12-16(18)5)21-19(22)20(23-6)9-7-14(3)8-10-20/h11-14H,7-10H2,1-6H3,(H,21,22). The first-order valence-corrected chi connectivity index (χ1v) is 8.92. The predicted molar refractivity (Wildman–Crippen MR) is 97.7 cm³/mol. The SMILES string of the molecule is COC1(C(=O)Nc2cc(C)c(OC(C)C)c(C)c2)CCC(C)CC1. The Labute approximate surface area is 145 Å². The van der Waals surface area contributed by atoms with Crippen molar-refractivity contribution in [2.24, 2.45) is 5.92 Å². The lowest BCUT2D eigenvalue weighted by Gasteiger charge is -2.36. The Kier molecular flexibility index (Phi) is 5.92. The smallest absolute Gasteiger partial charge is 0.256 e. The number of aryl methyl sites for hydroxylation is 2. The fourth-order valence-corrected chi connectivity index (χ4v) is 3.44. The fourth-order valence-electron chi connectivity index (χ4n) is 3.44. The monoisotopic (exact) mass is 333 g/mol. The summed E-state index contributed by atoms with van der Waals surface area (Å²) >= 11 is 0. The third-order valence-electron chi connectivity index (χ3n) is 4.96. The molecule has 0 spiro atoms. The normalized spacial score (nSPS) is 24.0. The number of hydrogen-bond acceptors (Lipinski definition) is 3. The maximum atomic E-state index is 12.8. The van der Waals surface area contributed by atoms with E-state index >= 15 is 0 Å². The van der Waals surface area contributed by atoms with E-state index in [0.29, 0.717) is 5.92 Å². The molecule has 4 heteroatoms. The van der Waals surface area contributed by atoms with Crippen molar-refractivity contribution in [2.45, 2.75) is 72.0 Å². The topological polar surface area (TPSA) is 47.6 Å². The summed E-state index contributed by atoms with van der Waals surface area (Å²) in [6.07, 6.45) is 3.75. The van der Waals surface area contributed by atoms with Gasteiger partial charge in [0.1, 0.15) is 11.4 Å². The van der Waals surface area contributed by atoms with Crippen molar-refractivity contribution >= 4 is 11.6 Å². The highest BCUT2D eigenvalue weighted by Gasteiger charge is 2.41. The molecule has 2 rings (SSSR count). The number of methoxy groups -OCH3 is 1. The first-order valence-electron chi connectivity index (χ1n) is 8.92. The van der Waals surface area contributed by atoms with Gasteiger partial charge in [0.25, 0.3) is 5.91 Å². The molecule has 1 aliphatic carbocycles. The van der Waals surface area contributed by atoms with Crippen molar-refractivity contribution in [1.29, 1.82) is 0 Å². The lowest BCUT2D eigenvalue weighted by atomic mass is 9.79. The van der Waals surface area contributed by atoms with Crippen LogP contribution >= 0.6 is 0 Å². The van der Waals surface area contributed by atoms with Crippen LogP contribution in [-0.2, 0) is 9.53 Å². The van der Waals surface area contributed by atoms with Crippen molar-refractivity contribution in [3.05, 3.63) is 23.3 Å². The first kappa shape index (κ1) is 18.8. The maximum absolute atomic E-state index is 12.8. The van der Waals surface area contributed by atoms with Crippen LogP contribution in [0.1, 0.15) is 57.6 Å². The molecule has 1 saturated carbocycles. The zero-order valence-electron chi connectivity index (χ0n) is 15.9. The largest absolute Gasteiger partial charge is 0.490 e. The maximum Gasteiger partial charge on any atom is 0.256 e. The number of anilines is 1. The quantitative estimate of drug-likeness (QED) is 0.855. The molecular formula is C20H31NO3. The highest BCUT2D eigenvalue weighted by molar-refractivity contribution is 5.97. The van der Waals surface area contributed by atoms with Crippen LogP contribution in [-0.4, -0.2) is 24.7 Å². The second-order valence-electron chi connectivity index (χ2n) is 7.44. The van der Waals surface area contributed by atoms with E-state index in [0.717, 1.165) is 48.2 Å². The molecule has 4 nitrogen and oxygen atoms in total. The van der Waals surface area contributed by atoms with Crippen molar-refractivity contribution in [3.63, 3.8) is 0 Å². The molecule has 1 N–H and O–H groups in total. The molecule has 0 heterocycles. The number of nitrogens with one attached hydrogen (secondary N) is 1. The Morgan fingerprint density at radius 1 is 1.21 bits per heavy atom. The number of amides is 1. The first-order chi connectivity index (χ1) is 11.3. The summed E-state index contributed by atoms with van der Waals surface area (Å²) in [4.78, 5) is 12.8. The lowest BCUT2D eigenvalue weighted by Crippen LogP contribution is -2.47. The van der Waals surface area contributed by atoms with Crippen LogP contribution < -0.4 is 10.1 Å². The summed E-state index contributed by atoms with van der Waals surface area (Å²) in [6.45, 7) is 10.3. The van der Waals surface area contributed by atoms with Crippen LogP contribution in [0.15, 0.2) is 12.1 Å². The molecule has 0 saturated heterocycles. The van der Waals surface area contributed by atoms with Crippen LogP contribution in [0.3, 0.4) is 0 Å². The second-order valence-corrected chi connectivity index (χ2v) is 7.44. The summed E-state index contributed by atoms with van der Waals surface area (Å²) in [5, 5.41) is 3.06. The van der Waals surface area contributed by atoms with E-state index in [-0.39, 0.29) is 12.0 Å². The molecule has 0 bridgehead atoms. The van der Waals surface area contributed by atoms with E-state index in [1.54, 1.807) is 7.11 Å². The summed E-state index contributed by atoms with van der Waals surface area (Å²) in [7, 11) is 1.64. The minimum Gasteiger partial charge on any atom is -0.490 e. The van der Waals surface area contributed by atoms with Crippen LogP contribution in [0.5, 0.6) is 5.75 Å². The number of hydrogen-bond donors (Lipinski definition) is 1. The molecule has 1 aromatic rings. The van der Waals surface area contributed by atoms with Crippen molar-refractivity contribution in [3.8, 4) is 5.75 Å². The van der Waals surface area contributed by atoms with Crippen molar-refractivity contribution < 1.29 is 14.3 Å². The van der Waals surface area contributed by atoms with Gasteiger partial charge in [-0.3, -0.25) is 4.79 Å². The van der Waals surface area contributed by atoms with Gasteiger partial charge in [0.05, 0.1) is 6.10 Å². The Morgan fingerprint density at radius 3 is 2.21 bits per heavy atom. The molecule has 0 atom stereocenters. The summed E-state index contributed by atoms with van der Waals surface area (Å²) in [5.74, 6) is 1.53. The van der Waals surface area contributed by atoms with Gasteiger partial charge >= 0.3 is 0 Å². The average molecular weight is 333 g/mol. The van der Waals surface area contributed by atoms with E-state index < -0.39 is 5.60 Å². The average Bonchev–Trinajstić information content (AvgIpc) is 2.52. The van der Waals surface area contributed by atoms with Gasteiger partial charge in [0.2, 0.25) is 0 Å². The molecule has 1 aliphatic rings. The van der Waals surface area contributed by atoms with Gasteiger partial charge in [-0.05, 0) is 82.6 Å². The second kappa shape index (κ2) is 7.56. The minimum absolute atomic E-state index is 0.0340. The number of rotatable bonds is 5. The van der Waals surface area contributed by atoms with E-state index in [4.69, 9.17) is 9.47 Å². The van der Waals surface area contributed by atoms with Gasteiger partial charge in [0.15, 0.2) is 0 Å². The van der Waals surface area contributed by atoms with Gasteiger partial charge in [0, 0.05) is 12.8 Å². The van der Waals surface area contributed by atoms with Crippen LogP contribution in [0.4, 0.5) is 5.69 Å². The summed E-state index contributed by atoms with van der Waals surface area (Å²) < 4.78 is 11.5. The zero-order chi connectivity index (χ0) is 17.9. The molecule has 1 amide bonds. The van der Waals surface area contributed by atoms with Gasteiger partial charge in [-0.1, -0.05) is 6.92 Å².